The molecule has 130 valence electrons. The molecule has 8 heteroatoms. The lowest BCUT2D eigenvalue weighted by Gasteiger charge is -2.10. The maximum absolute atomic E-state index is 6.15. The lowest BCUT2D eigenvalue weighted by atomic mass is 10.3. The van der Waals surface area contributed by atoms with Crippen LogP contribution in [0.25, 0.3) is 17.0 Å². The number of rotatable bonds is 5. The lowest BCUT2D eigenvalue weighted by molar-refractivity contribution is 0.459. The Labute approximate surface area is 159 Å². The van der Waals surface area contributed by atoms with Crippen LogP contribution < -0.4 is 4.74 Å². The van der Waals surface area contributed by atoms with Crippen molar-refractivity contribution in [2.24, 2.45) is 0 Å². The highest BCUT2D eigenvalue weighted by Crippen LogP contribution is 2.33. The second-order valence-electron chi connectivity index (χ2n) is 5.28. The van der Waals surface area contributed by atoms with E-state index in [1.165, 1.54) is 0 Å². The number of ether oxygens (including phenoxy) is 1. The molecule has 0 atom stereocenters. The van der Waals surface area contributed by atoms with Gasteiger partial charge in [-0.1, -0.05) is 24.6 Å². The quantitative estimate of drug-likeness (QED) is 0.463. The van der Waals surface area contributed by atoms with Gasteiger partial charge in [0, 0.05) is 29.6 Å². The van der Waals surface area contributed by atoms with Crippen molar-refractivity contribution >= 4 is 28.9 Å². The molecule has 0 unspecified atom stereocenters. The van der Waals surface area contributed by atoms with Crippen molar-refractivity contribution in [2.75, 3.05) is 5.75 Å². The van der Waals surface area contributed by atoms with Gasteiger partial charge in [-0.15, -0.1) is 11.8 Å². The molecule has 0 saturated carbocycles. The monoisotopic (exact) mass is 383 g/mol. The zero-order chi connectivity index (χ0) is 17.9. The smallest absolute Gasteiger partial charge is 0.219 e. The molecule has 0 aliphatic rings. The summed E-state index contributed by atoms with van der Waals surface area (Å²) in [5.41, 5.74) is 1.51. The van der Waals surface area contributed by atoms with E-state index in [2.05, 4.69) is 26.9 Å². The molecular formula is C18H14ClN5OS. The Bertz CT molecular complexity index is 1050. The van der Waals surface area contributed by atoms with Gasteiger partial charge in [0.25, 0.3) is 0 Å². The third-order valence-electron chi connectivity index (χ3n) is 3.61. The van der Waals surface area contributed by atoms with Gasteiger partial charge in [0.1, 0.15) is 17.0 Å². The number of hydrogen-bond donors (Lipinski definition) is 0. The fourth-order valence-electron chi connectivity index (χ4n) is 2.52. The fourth-order valence-corrected chi connectivity index (χ4v) is 3.50. The van der Waals surface area contributed by atoms with Gasteiger partial charge in [0.15, 0.2) is 11.0 Å². The maximum atomic E-state index is 6.15. The number of hydrogen-bond acceptors (Lipinski definition) is 6. The molecule has 6 nitrogen and oxygen atoms in total. The first-order chi connectivity index (χ1) is 12.8. The summed E-state index contributed by atoms with van der Waals surface area (Å²) < 4.78 is 7.68. The van der Waals surface area contributed by atoms with E-state index in [4.69, 9.17) is 16.3 Å². The van der Waals surface area contributed by atoms with E-state index in [9.17, 15) is 0 Å². The van der Waals surface area contributed by atoms with Gasteiger partial charge in [0.2, 0.25) is 5.88 Å². The number of halogens is 1. The summed E-state index contributed by atoms with van der Waals surface area (Å²) in [5, 5.41) is 0.408. The standard InChI is InChI=1S/C18H14ClN5OS/c1-2-26-14-9-12(25-15-5-3-4-6-20-15)10-22-16(14)18-23-11-13-17(19)21-7-8-24(13)18/h3-11H,2H2,1H3. The normalized spacial score (nSPS) is 11.0. The average Bonchev–Trinajstić information content (AvgIpc) is 3.09. The summed E-state index contributed by atoms with van der Waals surface area (Å²) in [5.74, 6) is 2.76. The highest BCUT2D eigenvalue weighted by atomic mass is 35.5. The number of thioether (sulfide) groups is 1. The van der Waals surface area contributed by atoms with Crippen LogP contribution in [-0.2, 0) is 0 Å². The van der Waals surface area contributed by atoms with Crippen molar-refractivity contribution < 1.29 is 4.74 Å². The molecule has 4 rings (SSSR count). The number of aromatic nitrogens is 5. The highest BCUT2D eigenvalue weighted by molar-refractivity contribution is 7.99. The molecule has 0 aliphatic carbocycles. The van der Waals surface area contributed by atoms with E-state index in [0.29, 0.717) is 22.6 Å². The van der Waals surface area contributed by atoms with Gasteiger partial charge in [-0.05, 0) is 17.9 Å². The SMILES string of the molecule is CCSc1cc(Oc2ccccn2)cnc1-c1ncc2c(Cl)nccn12. The van der Waals surface area contributed by atoms with Crippen molar-refractivity contribution in [1.82, 2.24) is 24.3 Å². The Morgan fingerprint density at radius 2 is 2.04 bits per heavy atom. The van der Waals surface area contributed by atoms with Crippen molar-refractivity contribution in [3.8, 4) is 23.1 Å². The van der Waals surface area contributed by atoms with Crippen molar-refractivity contribution in [1.29, 1.82) is 0 Å². The van der Waals surface area contributed by atoms with E-state index < -0.39 is 0 Å². The van der Waals surface area contributed by atoms with Crippen LogP contribution in [0.3, 0.4) is 0 Å². The van der Waals surface area contributed by atoms with E-state index in [-0.39, 0.29) is 0 Å². The van der Waals surface area contributed by atoms with Crippen molar-refractivity contribution in [3.05, 3.63) is 60.4 Å². The number of fused-ring (bicyclic) bond motifs is 1. The Hall–Kier alpha value is -2.64. The van der Waals surface area contributed by atoms with Crippen LogP contribution in [0.1, 0.15) is 6.92 Å². The van der Waals surface area contributed by atoms with E-state index in [0.717, 1.165) is 21.9 Å². The van der Waals surface area contributed by atoms with Crippen LogP contribution in [0, 0.1) is 0 Å². The number of imidazole rings is 1. The third-order valence-corrected chi connectivity index (χ3v) is 4.81. The van der Waals surface area contributed by atoms with Crippen LogP contribution in [0.4, 0.5) is 0 Å². The fraction of sp³-hybridized carbons (Fsp3) is 0.111. The first-order valence-corrected chi connectivity index (χ1v) is 9.32. The van der Waals surface area contributed by atoms with E-state index in [1.807, 2.05) is 28.8 Å². The zero-order valence-corrected chi connectivity index (χ0v) is 15.4. The van der Waals surface area contributed by atoms with Crippen LogP contribution in [0.2, 0.25) is 5.15 Å². The van der Waals surface area contributed by atoms with Gasteiger partial charge in [-0.25, -0.2) is 19.9 Å². The molecular weight excluding hydrogens is 370 g/mol. The molecule has 0 bridgehead atoms. The van der Waals surface area contributed by atoms with Gasteiger partial charge in [-0.3, -0.25) is 4.40 Å². The minimum Gasteiger partial charge on any atom is -0.437 e. The van der Waals surface area contributed by atoms with Gasteiger partial charge >= 0.3 is 0 Å². The van der Waals surface area contributed by atoms with Gasteiger partial charge < -0.3 is 4.74 Å². The van der Waals surface area contributed by atoms with Gasteiger partial charge in [-0.2, -0.15) is 0 Å². The third kappa shape index (κ3) is 3.23. The summed E-state index contributed by atoms with van der Waals surface area (Å²) in [6, 6.07) is 7.48. The predicted octanol–water partition coefficient (Wildman–Crippen LogP) is 4.74. The lowest BCUT2D eigenvalue weighted by Crippen LogP contribution is -1.97. The molecule has 0 N–H and O–H groups in total. The second-order valence-corrected chi connectivity index (χ2v) is 6.94. The van der Waals surface area contributed by atoms with E-state index >= 15 is 0 Å². The first kappa shape index (κ1) is 16.8. The number of nitrogens with zero attached hydrogens (tertiary/aromatic N) is 5. The Morgan fingerprint density at radius 1 is 1.12 bits per heavy atom. The van der Waals surface area contributed by atoms with Crippen LogP contribution in [0.15, 0.2) is 60.1 Å². The van der Waals surface area contributed by atoms with Crippen molar-refractivity contribution in [2.45, 2.75) is 11.8 Å². The predicted molar refractivity (Wildman–Crippen MR) is 102 cm³/mol. The zero-order valence-electron chi connectivity index (χ0n) is 13.8. The molecule has 0 fully saturated rings. The first-order valence-electron chi connectivity index (χ1n) is 7.96. The molecule has 26 heavy (non-hydrogen) atoms. The Kier molecular flexibility index (Phi) is 4.73. The molecule has 4 aromatic heterocycles. The molecule has 0 aliphatic heterocycles. The summed E-state index contributed by atoms with van der Waals surface area (Å²) in [6.07, 6.45) is 8.53. The molecule has 4 aromatic rings. The second kappa shape index (κ2) is 7.31. The Balaban J connectivity index is 1.77. The topological polar surface area (TPSA) is 65.2 Å². The molecule has 0 saturated heterocycles. The van der Waals surface area contributed by atoms with Crippen LogP contribution in [0.5, 0.6) is 11.6 Å². The summed E-state index contributed by atoms with van der Waals surface area (Å²) in [7, 11) is 0. The van der Waals surface area contributed by atoms with Crippen LogP contribution in [-0.4, -0.2) is 30.1 Å². The molecule has 0 amide bonds. The van der Waals surface area contributed by atoms with E-state index in [1.54, 1.807) is 42.6 Å². The maximum Gasteiger partial charge on any atom is 0.219 e. The molecule has 0 aromatic carbocycles. The molecule has 0 spiro atoms. The summed E-state index contributed by atoms with van der Waals surface area (Å²) in [4.78, 5) is 18.3. The molecule has 4 heterocycles. The minimum atomic E-state index is 0.408. The Morgan fingerprint density at radius 3 is 2.85 bits per heavy atom. The highest BCUT2D eigenvalue weighted by Gasteiger charge is 2.16. The molecule has 0 radical (unpaired) electrons. The van der Waals surface area contributed by atoms with Gasteiger partial charge in [0.05, 0.1) is 12.4 Å². The summed E-state index contributed by atoms with van der Waals surface area (Å²) in [6.45, 7) is 2.09. The van der Waals surface area contributed by atoms with Crippen LogP contribution >= 0.6 is 23.4 Å². The minimum absolute atomic E-state index is 0.408. The average molecular weight is 384 g/mol. The summed E-state index contributed by atoms with van der Waals surface area (Å²) >= 11 is 7.82. The number of pyridine rings is 2. The largest absolute Gasteiger partial charge is 0.437 e. The van der Waals surface area contributed by atoms with Crippen molar-refractivity contribution in [3.63, 3.8) is 0 Å².